The second-order valence-corrected chi connectivity index (χ2v) is 0. The summed E-state index contributed by atoms with van der Waals surface area (Å²) in [5.41, 5.74) is 0. The smallest absolute Gasteiger partial charge is 0 e. The fraction of sp³-hybridized carbons (Fsp3) is 0. The van der Waals surface area contributed by atoms with Crippen molar-refractivity contribution in [2.75, 3.05) is 0 Å². The summed E-state index contributed by atoms with van der Waals surface area (Å²) in [7, 11) is 0. The van der Waals surface area contributed by atoms with Gasteiger partial charge in [0.1, 0.15) is 0 Å². The first kappa shape index (κ1) is 16.4. The van der Waals surface area contributed by atoms with Crippen molar-refractivity contribution in [2.24, 2.45) is 0 Å². The quantitative estimate of drug-likeness (QED) is 0.551. The van der Waals surface area contributed by atoms with E-state index in [1.54, 1.807) is 0 Å². The maximum absolute atomic E-state index is 8.34. The topological polar surface area (TPSA) is 17.1 Å². The van der Waals surface area contributed by atoms with Gasteiger partial charge in [-0.15, -0.1) is 0 Å². The van der Waals surface area contributed by atoms with Gasteiger partial charge in [-0.05, 0) is 0 Å². The summed E-state index contributed by atoms with van der Waals surface area (Å²) in [6.45, 7) is 0. The van der Waals surface area contributed by atoms with Gasteiger partial charge in [-0.3, -0.25) is 0 Å². The molecule has 0 aliphatic carbocycles. The summed E-state index contributed by atoms with van der Waals surface area (Å²) in [4.78, 5) is 0. The van der Waals surface area contributed by atoms with E-state index in [0.29, 0.717) is 22.5 Å². The van der Waals surface area contributed by atoms with Crippen LogP contribution in [-0.2, 0) is 49.9 Å². The molecule has 2 radical (unpaired) electrons. The van der Waals surface area contributed by atoms with E-state index in [4.69, 9.17) is 3.08 Å². The third-order valence-corrected chi connectivity index (χ3v) is 0. The van der Waals surface area contributed by atoms with E-state index in [-0.39, 0.29) is 46.8 Å². The first-order chi connectivity index (χ1) is 1.00. The molecule has 0 aromatic heterocycles. The van der Waals surface area contributed by atoms with Crippen LogP contribution < -0.4 is 0 Å². The van der Waals surface area contributed by atoms with Crippen LogP contribution in [0.3, 0.4) is 0 Å². The fourth-order valence-electron chi connectivity index (χ4n) is 0. The van der Waals surface area contributed by atoms with Gasteiger partial charge in [-0.25, -0.2) is 0 Å². The third kappa shape index (κ3) is 8.91. The van der Waals surface area contributed by atoms with Crippen LogP contribution in [0.5, 0.6) is 0 Å². The van der Waals surface area contributed by atoms with Gasteiger partial charge >= 0.3 is 25.6 Å². The van der Waals surface area contributed by atoms with Gasteiger partial charge in [-0.2, -0.15) is 0 Å². The van der Waals surface area contributed by atoms with Crippen LogP contribution >= 0.6 is 0 Å². The maximum Gasteiger partial charge on any atom is 0 e. The van der Waals surface area contributed by atoms with Gasteiger partial charge in [0.05, 0.1) is 0 Å². The summed E-state index contributed by atoms with van der Waals surface area (Å²) < 4.78 is 8.34. The minimum absolute atomic E-state index is 0. The molecule has 0 unspecified atom stereocenters. The van der Waals surface area contributed by atoms with Crippen molar-refractivity contribution in [1.82, 2.24) is 0 Å². The second kappa shape index (κ2) is 19.2. The Bertz CT molecular complexity index is 8.00. The zero-order valence-electron chi connectivity index (χ0n) is 2.32. The fourth-order valence-corrected chi connectivity index (χ4v) is 0. The first-order valence-electron chi connectivity index (χ1n) is 0.204. The van der Waals surface area contributed by atoms with E-state index in [0.717, 1.165) is 0 Å². The van der Waals surface area contributed by atoms with Gasteiger partial charge in [0.2, 0.25) is 0 Å². The molecule has 0 fully saturated rings. The van der Waals surface area contributed by atoms with E-state index in [2.05, 4.69) is 0 Å². The maximum atomic E-state index is 8.34. The summed E-state index contributed by atoms with van der Waals surface area (Å²) in [5, 5.41) is 0. The molecule has 0 heterocycles. The van der Waals surface area contributed by atoms with Crippen molar-refractivity contribution in [3.8, 4) is 0 Å². The Kier molecular flexibility index (Phi) is 79.0. The van der Waals surface area contributed by atoms with Crippen molar-refractivity contribution in [1.29, 1.82) is 0 Å². The minimum Gasteiger partial charge on any atom is 0 e. The van der Waals surface area contributed by atoms with Crippen LogP contribution in [0.25, 0.3) is 0 Å². The Hall–Kier alpha value is 2.14. The average Bonchev–Trinajstić information content (AvgIpc) is 1.00. The Morgan fingerprint density at radius 1 is 1.25 bits per heavy atom. The molecule has 0 aromatic carbocycles. The number of hydrogen-bond acceptors (Lipinski definition) is 1. The zero-order valence-corrected chi connectivity index (χ0v) is 12.2. The molecule has 0 rings (SSSR count). The molecular weight excluding hydrogens is 313 g/mol. The molecule has 0 saturated heterocycles. The van der Waals surface area contributed by atoms with E-state index >= 15 is 0 Å². The van der Waals surface area contributed by atoms with Crippen LogP contribution in [0.1, 0.15) is 0 Å². The normalized spacial score (nSPS) is 1.00. The molecule has 0 bridgehead atoms. The number of rotatable bonds is 0. The van der Waals surface area contributed by atoms with Crippen LogP contribution in [0.15, 0.2) is 0 Å². The molecule has 0 spiro atoms. The van der Waals surface area contributed by atoms with Gasteiger partial charge in [0.25, 0.3) is 0 Å². The van der Waals surface area contributed by atoms with Crippen molar-refractivity contribution in [2.45, 2.75) is 0 Å². The van der Waals surface area contributed by atoms with E-state index in [9.17, 15) is 0 Å². The molecule has 0 saturated carbocycles. The van der Waals surface area contributed by atoms with E-state index in [1.165, 1.54) is 0 Å². The van der Waals surface area contributed by atoms with Crippen LogP contribution in [0, 0.1) is 0 Å². The molecule has 0 aliphatic heterocycles. The molecule has 0 atom stereocenters. The van der Waals surface area contributed by atoms with E-state index in [1.807, 2.05) is 0 Å². The molecule has 0 amide bonds. The summed E-state index contributed by atoms with van der Waals surface area (Å²) >= 11 is 0.300. The van der Waals surface area contributed by atoms with Gasteiger partial charge in [0.15, 0.2) is 0 Å². The van der Waals surface area contributed by atoms with Crippen molar-refractivity contribution in [3.63, 3.8) is 0 Å². The Morgan fingerprint density at radius 3 is 1.25 bits per heavy atom. The monoisotopic (exact) mass is 314 g/mol. The standard InChI is InChI=1S/Cd.O.Sn.Zn. The Balaban J connectivity index is -0.00000000500. The predicted octanol–water partition coefficient (Wildman–Crippen LogP) is -0.505. The van der Waals surface area contributed by atoms with Crippen LogP contribution in [0.4, 0.5) is 0 Å². The Morgan fingerprint density at radius 2 is 1.25 bits per heavy atom. The molecule has 0 aromatic rings. The largest absolute Gasteiger partial charge is 0 e. The van der Waals surface area contributed by atoms with Gasteiger partial charge < -0.3 is 0 Å². The van der Waals surface area contributed by atoms with Gasteiger partial charge in [0, 0.05) is 46.8 Å². The number of hydrogen-bond donors (Lipinski definition) is 0. The SMILES string of the molecule is [Cd].[O]=[Sn].[Zn]. The molecule has 1 nitrogen and oxygen atoms in total. The van der Waals surface area contributed by atoms with Crippen molar-refractivity contribution < 1.29 is 49.9 Å². The van der Waals surface area contributed by atoms with Gasteiger partial charge in [-0.1, -0.05) is 0 Å². The molecule has 0 aliphatic rings. The molecule has 14 valence electrons. The predicted molar refractivity (Wildman–Crippen MR) is 6.44 cm³/mol. The average molecular weight is 313 g/mol. The molecule has 4 heteroatoms. The van der Waals surface area contributed by atoms with Crippen molar-refractivity contribution >= 4 is 22.5 Å². The van der Waals surface area contributed by atoms with Crippen LogP contribution in [-0.4, -0.2) is 22.5 Å². The van der Waals surface area contributed by atoms with Crippen molar-refractivity contribution in [3.05, 3.63) is 0 Å². The molecule has 4 heavy (non-hydrogen) atoms. The summed E-state index contributed by atoms with van der Waals surface area (Å²) in [6, 6.07) is 0. The minimum atomic E-state index is 0. The van der Waals surface area contributed by atoms with Crippen LogP contribution in [0.2, 0.25) is 0 Å². The Labute approximate surface area is 71.3 Å². The summed E-state index contributed by atoms with van der Waals surface area (Å²) in [6.07, 6.45) is 0. The molecule has 0 N–H and O–H groups in total. The van der Waals surface area contributed by atoms with E-state index < -0.39 is 0 Å². The first-order valence-corrected chi connectivity index (χ1v) is 1.37. The molecular formula is CdOSnZn. The second-order valence-electron chi connectivity index (χ2n) is 0. The summed E-state index contributed by atoms with van der Waals surface area (Å²) in [5.74, 6) is 0. The zero-order chi connectivity index (χ0) is 2.00. The third-order valence-electron chi connectivity index (χ3n) is 0.